The first-order valence-electron chi connectivity index (χ1n) is 11.0. The molecule has 7 nitrogen and oxygen atoms in total. The molecule has 1 amide bonds. The lowest BCUT2D eigenvalue weighted by Gasteiger charge is -2.35. The number of carbonyl (C=O) groups excluding carboxylic acids is 1. The van der Waals surface area contributed by atoms with Crippen LogP contribution in [0.3, 0.4) is 0 Å². The fourth-order valence-electron chi connectivity index (χ4n) is 4.28. The highest BCUT2D eigenvalue weighted by Gasteiger charge is 2.21. The summed E-state index contributed by atoms with van der Waals surface area (Å²) in [6.07, 6.45) is 1.26. The van der Waals surface area contributed by atoms with Crippen LogP contribution in [0.2, 0.25) is 0 Å². The second kappa shape index (κ2) is 9.94. The lowest BCUT2D eigenvalue weighted by molar-refractivity contribution is -0.0679. The van der Waals surface area contributed by atoms with Crippen LogP contribution >= 0.6 is 12.2 Å². The first kappa shape index (κ1) is 23.3. The van der Waals surface area contributed by atoms with Gasteiger partial charge in [0.1, 0.15) is 5.82 Å². The number of halogens is 1. The maximum atomic E-state index is 14.2. The van der Waals surface area contributed by atoms with Crippen molar-refractivity contribution >= 4 is 29.0 Å². The van der Waals surface area contributed by atoms with Gasteiger partial charge in [-0.3, -0.25) is 14.5 Å². The van der Waals surface area contributed by atoms with E-state index in [4.69, 9.17) is 17.0 Å². The SMILES string of the molecule is CC1CN(CCCNC(=O)c2ccc3c(=O)n(-c4ccccc4F)c(=S)[nH]c3c2)CC(C)O1. The Bertz CT molecular complexity index is 1280. The predicted molar refractivity (Wildman–Crippen MR) is 128 cm³/mol. The molecular formula is C24H27FN4O3S. The highest BCUT2D eigenvalue weighted by molar-refractivity contribution is 7.71. The molecule has 2 N–H and O–H groups in total. The molecule has 33 heavy (non-hydrogen) atoms. The van der Waals surface area contributed by atoms with Crippen molar-refractivity contribution in [3.05, 3.63) is 69.0 Å². The molecule has 2 heterocycles. The van der Waals surface area contributed by atoms with Crippen LogP contribution in [-0.4, -0.2) is 58.7 Å². The van der Waals surface area contributed by atoms with Crippen molar-refractivity contribution in [1.29, 1.82) is 0 Å². The van der Waals surface area contributed by atoms with Gasteiger partial charge in [0.25, 0.3) is 11.5 Å². The maximum absolute atomic E-state index is 14.2. The number of amides is 1. The number of para-hydroxylation sites is 1. The van der Waals surface area contributed by atoms with Gasteiger partial charge < -0.3 is 15.0 Å². The Morgan fingerprint density at radius 1 is 1.21 bits per heavy atom. The van der Waals surface area contributed by atoms with Crippen LogP contribution in [0.5, 0.6) is 0 Å². The topological polar surface area (TPSA) is 79.4 Å². The molecule has 0 saturated carbocycles. The van der Waals surface area contributed by atoms with Crippen molar-refractivity contribution in [1.82, 2.24) is 19.8 Å². The molecule has 174 valence electrons. The monoisotopic (exact) mass is 470 g/mol. The van der Waals surface area contributed by atoms with E-state index < -0.39 is 11.4 Å². The molecule has 0 bridgehead atoms. The van der Waals surface area contributed by atoms with Crippen molar-refractivity contribution in [2.75, 3.05) is 26.2 Å². The van der Waals surface area contributed by atoms with E-state index in [1.54, 1.807) is 30.3 Å². The number of aromatic amines is 1. The van der Waals surface area contributed by atoms with Gasteiger partial charge in [0.15, 0.2) is 4.77 Å². The molecule has 1 aliphatic rings. The molecule has 1 aromatic heterocycles. The molecular weight excluding hydrogens is 443 g/mol. The number of carbonyl (C=O) groups is 1. The van der Waals surface area contributed by atoms with E-state index >= 15 is 0 Å². The Morgan fingerprint density at radius 3 is 2.67 bits per heavy atom. The molecule has 0 radical (unpaired) electrons. The van der Waals surface area contributed by atoms with Gasteiger partial charge in [0, 0.05) is 31.7 Å². The maximum Gasteiger partial charge on any atom is 0.266 e. The number of hydrogen-bond donors (Lipinski definition) is 2. The first-order chi connectivity index (χ1) is 15.8. The van der Waals surface area contributed by atoms with Crippen LogP contribution < -0.4 is 10.9 Å². The normalized spacial score (nSPS) is 19.0. The quantitative estimate of drug-likeness (QED) is 0.426. The number of hydrogen-bond acceptors (Lipinski definition) is 5. The zero-order valence-corrected chi connectivity index (χ0v) is 19.5. The molecule has 9 heteroatoms. The van der Waals surface area contributed by atoms with Gasteiger partial charge in [0.2, 0.25) is 0 Å². The largest absolute Gasteiger partial charge is 0.373 e. The average Bonchev–Trinajstić information content (AvgIpc) is 2.77. The average molecular weight is 471 g/mol. The summed E-state index contributed by atoms with van der Waals surface area (Å²) < 4.78 is 21.2. The minimum absolute atomic E-state index is 0.0594. The number of nitrogens with one attached hydrogen (secondary N) is 2. The van der Waals surface area contributed by atoms with Crippen molar-refractivity contribution in [2.45, 2.75) is 32.5 Å². The Labute approximate surface area is 196 Å². The summed E-state index contributed by atoms with van der Waals surface area (Å²) >= 11 is 5.31. The minimum atomic E-state index is -0.546. The van der Waals surface area contributed by atoms with E-state index in [1.165, 1.54) is 12.1 Å². The molecule has 0 spiro atoms. The Morgan fingerprint density at radius 2 is 1.94 bits per heavy atom. The molecule has 1 fully saturated rings. The number of morpholine rings is 1. The van der Waals surface area contributed by atoms with Crippen molar-refractivity contribution in [2.24, 2.45) is 0 Å². The summed E-state index contributed by atoms with van der Waals surface area (Å²) in [7, 11) is 0. The molecule has 2 aromatic carbocycles. The number of ether oxygens (including phenoxy) is 1. The Balaban J connectivity index is 1.45. The second-order valence-electron chi connectivity index (χ2n) is 8.41. The summed E-state index contributed by atoms with van der Waals surface area (Å²) in [6.45, 7) is 7.36. The lowest BCUT2D eigenvalue weighted by atomic mass is 10.1. The lowest BCUT2D eigenvalue weighted by Crippen LogP contribution is -2.46. The molecule has 2 unspecified atom stereocenters. The number of fused-ring (bicyclic) bond motifs is 1. The van der Waals surface area contributed by atoms with Crippen LogP contribution in [0.25, 0.3) is 16.6 Å². The second-order valence-corrected chi connectivity index (χ2v) is 8.80. The molecule has 1 saturated heterocycles. The number of rotatable bonds is 6. The van der Waals surface area contributed by atoms with Crippen LogP contribution in [0, 0.1) is 10.6 Å². The van der Waals surface area contributed by atoms with Gasteiger partial charge in [-0.2, -0.15) is 0 Å². The van der Waals surface area contributed by atoms with Crippen LogP contribution in [0.1, 0.15) is 30.6 Å². The Kier molecular flexibility index (Phi) is 7.02. The number of nitrogens with zero attached hydrogens (tertiary/aromatic N) is 2. The van der Waals surface area contributed by atoms with E-state index in [2.05, 4.69) is 29.0 Å². The summed E-state index contributed by atoms with van der Waals surface area (Å²) in [4.78, 5) is 30.9. The van der Waals surface area contributed by atoms with Crippen molar-refractivity contribution in [3.8, 4) is 5.69 Å². The van der Waals surface area contributed by atoms with Crippen LogP contribution in [0.15, 0.2) is 47.3 Å². The fourth-order valence-corrected chi connectivity index (χ4v) is 4.58. The van der Waals surface area contributed by atoms with Gasteiger partial charge in [-0.1, -0.05) is 12.1 Å². The Hall–Kier alpha value is -2.88. The van der Waals surface area contributed by atoms with E-state index in [0.717, 1.165) is 30.6 Å². The number of aromatic nitrogens is 2. The van der Waals surface area contributed by atoms with Gasteiger partial charge in [-0.15, -0.1) is 0 Å². The number of H-pyrrole nitrogens is 1. The standard InChI is InChI=1S/C24H27FN4O3S/c1-15-13-28(14-16(2)32-15)11-5-10-26-22(30)17-8-9-18-20(12-17)27-24(33)29(23(18)31)21-7-4-3-6-19(21)25/h3-4,6-9,12,15-16H,5,10-11,13-14H2,1-2H3,(H,26,30)(H,27,33). The minimum Gasteiger partial charge on any atom is -0.373 e. The first-order valence-corrected chi connectivity index (χ1v) is 11.4. The molecule has 2 atom stereocenters. The molecule has 0 aliphatic carbocycles. The summed E-state index contributed by atoms with van der Waals surface area (Å²) in [5, 5.41) is 3.25. The molecule has 1 aliphatic heterocycles. The zero-order valence-electron chi connectivity index (χ0n) is 18.6. The number of benzene rings is 2. The highest BCUT2D eigenvalue weighted by Crippen LogP contribution is 2.16. The summed E-state index contributed by atoms with van der Waals surface area (Å²) in [5.74, 6) is -0.770. The van der Waals surface area contributed by atoms with Gasteiger partial charge >= 0.3 is 0 Å². The zero-order chi connectivity index (χ0) is 23.5. The van der Waals surface area contributed by atoms with Gasteiger partial charge in [-0.25, -0.2) is 8.96 Å². The fraction of sp³-hybridized carbons (Fsp3) is 0.375. The van der Waals surface area contributed by atoms with E-state index in [0.29, 0.717) is 23.0 Å². The van der Waals surface area contributed by atoms with E-state index in [1.807, 2.05) is 0 Å². The predicted octanol–water partition coefficient (Wildman–Crippen LogP) is 3.42. The van der Waals surface area contributed by atoms with E-state index in [9.17, 15) is 14.0 Å². The molecule has 4 rings (SSSR count). The third-order valence-corrected chi connectivity index (χ3v) is 5.97. The van der Waals surface area contributed by atoms with Gasteiger partial charge in [-0.05, 0) is 62.8 Å². The highest BCUT2D eigenvalue weighted by atomic mass is 32.1. The smallest absolute Gasteiger partial charge is 0.266 e. The third-order valence-electron chi connectivity index (χ3n) is 5.69. The van der Waals surface area contributed by atoms with Crippen LogP contribution in [-0.2, 0) is 4.74 Å². The van der Waals surface area contributed by atoms with Crippen molar-refractivity contribution in [3.63, 3.8) is 0 Å². The third kappa shape index (κ3) is 5.21. The van der Waals surface area contributed by atoms with Crippen LogP contribution in [0.4, 0.5) is 4.39 Å². The van der Waals surface area contributed by atoms with Gasteiger partial charge in [0.05, 0.1) is 28.8 Å². The summed E-state index contributed by atoms with van der Waals surface area (Å²) in [5.41, 5.74) is 0.489. The van der Waals surface area contributed by atoms with E-state index in [-0.39, 0.29) is 28.6 Å². The molecule has 3 aromatic rings. The van der Waals surface area contributed by atoms with Crippen molar-refractivity contribution < 1.29 is 13.9 Å². The summed E-state index contributed by atoms with van der Waals surface area (Å²) in [6, 6.07) is 10.7.